The van der Waals surface area contributed by atoms with Crippen LogP contribution in [0.15, 0.2) is 48.5 Å². The average molecular weight is 431 g/mol. The van der Waals surface area contributed by atoms with Crippen LogP contribution in [0, 0.1) is 5.92 Å². The molecular weight excluding hydrogens is 404 g/mol. The van der Waals surface area contributed by atoms with Crippen molar-refractivity contribution >= 4 is 18.3 Å². The van der Waals surface area contributed by atoms with Gasteiger partial charge >= 0.3 is 0 Å². The molecule has 0 radical (unpaired) electrons. The number of amides is 1. The Morgan fingerprint density at radius 3 is 2.63 bits per heavy atom. The number of rotatable bonds is 5. The highest BCUT2D eigenvalue weighted by molar-refractivity contribution is 5.95. The van der Waals surface area contributed by atoms with E-state index in [4.69, 9.17) is 14.2 Å². The lowest BCUT2D eigenvalue weighted by Gasteiger charge is -2.44. The van der Waals surface area contributed by atoms with E-state index in [1.54, 1.807) is 12.1 Å². The molecule has 0 unspecified atom stereocenters. The van der Waals surface area contributed by atoms with Gasteiger partial charge in [-0.3, -0.25) is 4.79 Å². The third-order valence-electron chi connectivity index (χ3n) is 6.08. The number of nitrogens with one attached hydrogen (secondary N) is 1. The zero-order chi connectivity index (χ0) is 19.6. The molecule has 2 bridgehead atoms. The smallest absolute Gasteiger partial charge is 0.251 e. The predicted molar refractivity (Wildman–Crippen MR) is 116 cm³/mol. The maximum absolute atomic E-state index is 12.8. The fraction of sp³-hybridized carbons (Fsp3) is 0.435. The van der Waals surface area contributed by atoms with Gasteiger partial charge < -0.3 is 24.4 Å². The summed E-state index contributed by atoms with van der Waals surface area (Å²) in [4.78, 5) is 15.3. The highest BCUT2D eigenvalue weighted by atomic mass is 35.5. The molecule has 160 valence electrons. The van der Waals surface area contributed by atoms with Crippen molar-refractivity contribution in [3.05, 3.63) is 54.1 Å². The Morgan fingerprint density at radius 1 is 1.10 bits per heavy atom. The summed E-state index contributed by atoms with van der Waals surface area (Å²) in [7, 11) is 0. The summed E-state index contributed by atoms with van der Waals surface area (Å²) in [5.74, 6) is 2.62. The van der Waals surface area contributed by atoms with Gasteiger partial charge in [0.05, 0.1) is 0 Å². The number of halogens is 1. The normalized spacial score (nSPS) is 26.4. The van der Waals surface area contributed by atoms with E-state index < -0.39 is 0 Å². The maximum Gasteiger partial charge on any atom is 0.251 e. The molecule has 0 spiro atoms. The number of benzene rings is 2. The molecule has 2 aromatic rings. The molecule has 1 N–H and O–H groups in total. The maximum atomic E-state index is 12.8. The van der Waals surface area contributed by atoms with Crippen molar-refractivity contribution in [2.24, 2.45) is 5.92 Å². The Kier molecular flexibility index (Phi) is 6.35. The van der Waals surface area contributed by atoms with E-state index in [0.717, 1.165) is 25.4 Å². The van der Waals surface area contributed by atoms with Gasteiger partial charge in [-0.05, 0) is 62.2 Å². The first-order chi connectivity index (χ1) is 14.2. The summed E-state index contributed by atoms with van der Waals surface area (Å²) >= 11 is 0. The van der Waals surface area contributed by atoms with Crippen molar-refractivity contribution in [1.82, 2.24) is 10.2 Å². The minimum Gasteiger partial charge on any atom is -0.490 e. The van der Waals surface area contributed by atoms with Gasteiger partial charge in [-0.2, -0.15) is 0 Å². The monoisotopic (exact) mass is 430 g/mol. The topological polar surface area (TPSA) is 60.0 Å². The van der Waals surface area contributed by atoms with Crippen LogP contribution in [0.3, 0.4) is 0 Å². The Morgan fingerprint density at radius 2 is 1.90 bits per heavy atom. The number of fused-ring (bicyclic) bond motifs is 4. The molecule has 30 heavy (non-hydrogen) atoms. The number of ether oxygens (including phenoxy) is 3. The van der Waals surface area contributed by atoms with Gasteiger partial charge in [0.2, 0.25) is 0 Å². The van der Waals surface area contributed by atoms with Crippen molar-refractivity contribution in [1.29, 1.82) is 0 Å². The van der Waals surface area contributed by atoms with E-state index in [0.29, 0.717) is 36.2 Å². The Bertz CT molecular complexity index is 871. The first-order valence-electron chi connectivity index (χ1n) is 10.4. The average Bonchev–Trinajstić information content (AvgIpc) is 2.78. The molecule has 6 nitrogen and oxygen atoms in total. The summed E-state index contributed by atoms with van der Waals surface area (Å²) in [6.45, 7) is 4.09. The van der Waals surface area contributed by atoms with Crippen molar-refractivity contribution in [3.63, 3.8) is 0 Å². The fourth-order valence-electron chi connectivity index (χ4n) is 4.43. The quantitative estimate of drug-likeness (QED) is 0.789. The van der Waals surface area contributed by atoms with Gasteiger partial charge in [0.1, 0.15) is 19.0 Å². The predicted octanol–water partition coefficient (Wildman–Crippen LogP) is 3.15. The minimum absolute atomic E-state index is 0. The highest BCUT2D eigenvalue weighted by Gasteiger charge is 2.35. The molecule has 0 saturated carbocycles. The lowest BCUT2D eigenvalue weighted by Crippen LogP contribution is -2.57. The molecule has 7 heteroatoms. The first kappa shape index (κ1) is 20.8. The second-order valence-electron chi connectivity index (χ2n) is 8.05. The van der Waals surface area contributed by atoms with E-state index in [2.05, 4.69) is 10.2 Å². The number of piperidine rings is 3. The number of para-hydroxylation sites is 1. The SMILES string of the molecule is Cl.O=C(N[C@H]1CN2CCC1CC2)c1ccc2c(c1)O[C@H](COc1ccccc1)CO2. The van der Waals surface area contributed by atoms with E-state index in [-0.39, 0.29) is 30.5 Å². The molecule has 3 saturated heterocycles. The molecule has 0 aromatic heterocycles. The Labute approximate surface area is 182 Å². The lowest BCUT2D eigenvalue weighted by atomic mass is 9.84. The van der Waals surface area contributed by atoms with Crippen LogP contribution in [0.25, 0.3) is 0 Å². The molecule has 6 rings (SSSR count). The van der Waals surface area contributed by atoms with Crippen LogP contribution in [0.1, 0.15) is 23.2 Å². The third-order valence-corrected chi connectivity index (χ3v) is 6.08. The molecule has 4 aliphatic rings. The zero-order valence-electron chi connectivity index (χ0n) is 16.8. The van der Waals surface area contributed by atoms with E-state index in [1.807, 2.05) is 36.4 Å². The second kappa shape index (κ2) is 9.14. The number of nitrogens with zero attached hydrogens (tertiary/aromatic N) is 1. The molecule has 0 aliphatic carbocycles. The van der Waals surface area contributed by atoms with Crippen LogP contribution in [0.2, 0.25) is 0 Å². The molecule has 4 heterocycles. The number of carbonyl (C=O) groups excluding carboxylic acids is 1. The van der Waals surface area contributed by atoms with E-state index in [1.165, 1.54) is 12.8 Å². The summed E-state index contributed by atoms with van der Waals surface area (Å²) in [5.41, 5.74) is 0.605. The molecule has 3 fully saturated rings. The van der Waals surface area contributed by atoms with Crippen molar-refractivity contribution < 1.29 is 19.0 Å². The highest BCUT2D eigenvalue weighted by Crippen LogP contribution is 2.33. The fourth-order valence-corrected chi connectivity index (χ4v) is 4.43. The van der Waals surface area contributed by atoms with Crippen LogP contribution in [0.4, 0.5) is 0 Å². The molecule has 2 atom stereocenters. The summed E-state index contributed by atoms with van der Waals surface area (Å²) < 4.78 is 17.6. The van der Waals surface area contributed by atoms with Crippen LogP contribution >= 0.6 is 12.4 Å². The van der Waals surface area contributed by atoms with Crippen LogP contribution in [0.5, 0.6) is 17.2 Å². The van der Waals surface area contributed by atoms with Gasteiger partial charge in [-0.25, -0.2) is 0 Å². The first-order valence-corrected chi connectivity index (χ1v) is 10.4. The van der Waals surface area contributed by atoms with Crippen LogP contribution in [-0.2, 0) is 0 Å². The second-order valence-corrected chi connectivity index (χ2v) is 8.05. The number of hydrogen-bond donors (Lipinski definition) is 1. The van der Waals surface area contributed by atoms with Gasteiger partial charge in [0.25, 0.3) is 5.91 Å². The minimum atomic E-state index is -0.220. The van der Waals surface area contributed by atoms with Crippen LogP contribution in [-0.4, -0.2) is 55.8 Å². The molecule has 1 amide bonds. The van der Waals surface area contributed by atoms with E-state index in [9.17, 15) is 4.79 Å². The van der Waals surface area contributed by atoms with Crippen LogP contribution < -0.4 is 19.5 Å². The van der Waals surface area contributed by atoms with E-state index >= 15 is 0 Å². The summed E-state index contributed by atoms with van der Waals surface area (Å²) in [6, 6.07) is 15.3. The number of hydrogen-bond acceptors (Lipinski definition) is 5. The largest absolute Gasteiger partial charge is 0.490 e. The Hall–Kier alpha value is -2.44. The zero-order valence-corrected chi connectivity index (χ0v) is 17.6. The van der Waals surface area contributed by atoms with Crippen molar-refractivity contribution in [2.45, 2.75) is 25.0 Å². The lowest BCUT2D eigenvalue weighted by molar-refractivity contribution is 0.0530. The van der Waals surface area contributed by atoms with Gasteiger partial charge in [-0.1, -0.05) is 18.2 Å². The molecule has 2 aromatic carbocycles. The third kappa shape index (κ3) is 4.50. The molecule has 4 aliphatic heterocycles. The standard InChI is InChI=1S/C23H26N2O4.ClH/c26-23(24-20-13-25-10-8-16(20)9-11-25)17-6-7-21-22(12-17)29-19(15-28-21)14-27-18-4-2-1-3-5-18;/h1-7,12,16,19-20H,8-11,13-15H2,(H,24,26);1H/t19-,20+;/m1./s1. The van der Waals surface area contributed by atoms with Gasteiger partial charge in [-0.15, -0.1) is 12.4 Å². The van der Waals surface area contributed by atoms with Gasteiger partial charge in [0.15, 0.2) is 17.6 Å². The van der Waals surface area contributed by atoms with Crippen molar-refractivity contribution in [2.75, 3.05) is 32.8 Å². The number of carbonyl (C=O) groups is 1. The Balaban J connectivity index is 0.00000218. The van der Waals surface area contributed by atoms with Gasteiger partial charge in [0, 0.05) is 18.2 Å². The summed E-state index contributed by atoms with van der Waals surface area (Å²) in [5, 5.41) is 3.23. The molecular formula is C23H27ClN2O4. The van der Waals surface area contributed by atoms with Crippen molar-refractivity contribution in [3.8, 4) is 17.2 Å². The summed E-state index contributed by atoms with van der Waals surface area (Å²) in [6.07, 6.45) is 2.13.